The molecule has 3 aromatic rings. The summed E-state index contributed by atoms with van der Waals surface area (Å²) in [6.45, 7) is 0. The van der Waals surface area contributed by atoms with Crippen LogP contribution in [0.2, 0.25) is 0 Å². The standard InChI is InChI=1S/C23H16BrF2NO4/c24-17-5-1-2-7-20(17)31-16-10-8-14(9-11-16)12-19(23(29)30)27-21(28)13-15-4-3-6-18(25)22(15)26/h1-12H,13H2,(H,27,28)(H,29,30)/b19-12-. The van der Waals surface area contributed by atoms with E-state index in [1.807, 2.05) is 18.2 Å². The van der Waals surface area contributed by atoms with Crippen LogP contribution >= 0.6 is 15.9 Å². The largest absolute Gasteiger partial charge is 0.477 e. The van der Waals surface area contributed by atoms with Gasteiger partial charge in [0.25, 0.3) is 0 Å². The minimum Gasteiger partial charge on any atom is -0.477 e. The minimum absolute atomic E-state index is 0.171. The molecule has 5 nitrogen and oxygen atoms in total. The Balaban J connectivity index is 1.71. The Morgan fingerprint density at radius 2 is 1.71 bits per heavy atom. The average molecular weight is 488 g/mol. The number of carbonyl (C=O) groups excluding carboxylic acids is 1. The van der Waals surface area contributed by atoms with E-state index in [9.17, 15) is 23.5 Å². The fraction of sp³-hybridized carbons (Fsp3) is 0.0435. The summed E-state index contributed by atoms with van der Waals surface area (Å²) >= 11 is 3.39. The molecule has 1 amide bonds. The van der Waals surface area contributed by atoms with Crippen LogP contribution in [0.25, 0.3) is 6.08 Å². The summed E-state index contributed by atoms with van der Waals surface area (Å²) < 4.78 is 33.5. The third-order valence-electron chi connectivity index (χ3n) is 4.14. The molecule has 0 aliphatic heterocycles. The van der Waals surface area contributed by atoms with Gasteiger partial charge in [0.15, 0.2) is 11.6 Å². The molecule has 8 heteroatoms. The van der Waals surface area contributed by atoms with Crippen molar-refractivity contribution < 1.29 is 28.2 Å². The van der Waals surface area contributed by atoms with E-state index in [2.05, 4.69) is 21.2 Å². The molecule has 0 radical (unpaired) electrons. The molecule has 0 heterocycles. The van der Waals surface area contributed by atoms with E-state index in [0.29, 0.717) is 17.1 Å². The Morgan fingerprint density at radius 1 is 1.00 bits per heavy atom. The van der Waals surface area contributed by atoms with Gasteiger partial charge < -0.3 is 15.2 Å². The molecule has 0 spiro atoms. The third-order valence-corrected chi connectivity index (χ3v) is 4.80. The summed E-state index contributed by atoms with van der Waals surface area (Å²) in [4.78, 5) is 23.7. The number of hydrogen-bond acceptors (Lipinski definition) is 3. The van der Waals surface area contributed by atoms with Crippen molar-refractivity contribution in [2.24, 2.45) is 0 Å². The quantitative estimate of drug-likeness (QED) is 0.443. The maximum absolute atomic E-state index is 13.7. The summed E-state index contributed by atoms with van der Waals surface area (Å²) in [5.41, 5.74) is -0.0776. The Morgan fingerprint density at radius 3 is 2.39 bits per heavy atom. The summed E-state index contributed by atoms with van der Waals surface area (Å²) in [5.74, 6) is -3.22. The van der Waals surface area contributed by atoms with E-state index in [-0.39, 0.29) is 5.56 Å². The maximum Gasteiger partial charge on any atom is 0.352 e. The van der Waals surface area contributed by atoms with Gasteiger partial charge in [-0.25, -0.2) is 13.6 Å². The molecule has 31 heavy (non-hydrogen) atoms. The first-order valence-electron chi connectivity index (χ1n) is 9.03. The fourth-order valence-electron chi connectivity index (χ4n) is 2.66. The van der Waals surface area contributed by atoms with Crippen LogP contribution in [0, 0.1) is 11.6 Å². The maximum atomic E-state index is 13.7. The molecular formula is C23H16BrF2NO4. The summed E-state index contributed by atoms with van der Waals surface area (Å²) in [6.07, 6.45) is 0.747. The number of ether oxygens (including phenoxy) is 1. The smallest absolute Gasteiger partial charge is 0.352 e. The second kappa shape index (κ2) is 9.99. The lowest BCUT2D eigenvalue weighted by Crippen LogP contribution is -2.28. The molecule has 0 aliphatic rings. The second-order valence-electron chi connectivity index (χ2n) is 6.40. The van der Waals surface area contributed by atoms with E-state index in [1.165, 1.54) is 18.2 Å². The number of rotatable bonds is 7. The predicted molar refractivity (Wildman–Crippen MR) is 114 cm³/mol. The number of hydrogen-bond donors (Lipinski definition) is 2. The van der Waals surface area contributed by atoms with Crippen molar-refractivity contribution in [3.8, 4) is 11.5 Å². The number of nitrogens with one attached hydrogen (secondary N) is 1. The molecule has 3 aromatic carbocycles. The van der Waals surface area contributed by atoms with Crippen molar-refractivity contribution in [2.45, 2.75) is 6.42 Å². The average Bonchev–Trinajstić information content (AvgIpc) is 2.74. The fourth-order valence-corrected chi connectivity index (χ4v) is 3.02. The first-order valence-corrected chi connectivity index (χ1v) is 9.83. The zero-order chi connectivity index (χ0) is 22.4. The Labute approximate surface area is 185 Å². The number of para-hydroxylation sites is 1. The van der Waals surface area contributed by atoms with Gasteiger partial charge in [-0.1, -0.05) is 36.4 Å². The van der Waals surface area contributed by atoms with Gasteiger partial charge in [-0.2, -0.15) is 0 Å². The summed E-state index contributed by atoms with van der Waals surface area (Å²) in [6, 6.07) is 17.3. The number of amides is 1. The van der Waals surface area contributed by atoms with Crippen molar-refractivity contribution in [1.82, 2.24) is 5.32 Å². The zero-order valence-electron chi connectivity index (χ0n) is 15.9. The predicted octanol–water partition coefficient (Wildman–Crippen LogP) is 5.30. The normalized spacial score (nSPS) is 11.1. The highest BCUT2D eigenvalue weighted by molar-refractivity contribution is 9.10. The van der Waals surface area contributed by atoms with Crippen LogP contribution in [0.5, 0.6) is 11.5 Å². The SMILES string of the molecule is O=C(Cc1cccc(F)c1F)N/C(=C\c1ccc(Oc2ccccc2Br)cc1)C(=O)O. The van der Waals surface area contributed by atoms with Gasteiger partial charge >= 0.3 is 5.97 Å². The lowest BCUT2D eigenvalue weighted by atomic mass is 10.1. The Bertz CT molecular complexity index is 1150. The van der Waals surface area contributed by atoms with Gasteiger partial charge in [0.1, 0.15) is 17.2 Å². The summed E-state index contributed by atoms with van der Waals surface area (Å²) in [7, 11) is 0. The molecule has 0 atom stereocenters. The molecule has 0 unspecified atom stereocenters. The number of carboxylic acid groups (broad SMARTS) is 1. The van der Waals surface area contributed by atoms with Crippen molar-refractivity contribution in [1.29, 1.82) is 0 Å². The highest BCUT2D eigenvalue weighted by Gasteiger charge is 2.15. The monoisotopic (exact) mass is 487 g/mol. The van der Waals surface area contributed by atoms with E-state index < -0.39 is 35.6 Å². The van der Waals surface area contributed by atoms with E-state index in [1.54, 1.807) is 30.3 Å². The van der Waals surface area contributed by atoms with Crippen molar-refractivity contribution in [3.05, 3.63) is 99.7 Å². The highest BCUT2D eigenvalue weighted by atomic mass is 79.9. The topological polar surface area (TPSA) is 75.6 Å². The molecule has 0 saturated carbocycles. The zero-order valence-corrected chi connectivity index (χ0v) is 17.5. The van der Waals surface area contributed by atoms with Crippen molar-refractivity contribution in [2.75, 3.05) is 0 Å². The molecule has 0 bridgehead atoms. The molecule has 158 valence electrons. The number of carbonyl (C=O) groups is 2. The first-order chi connectivity index (χ1) is 14.8. The number of halogens is 3. The van der Waals surface area contributed by atoms with Crippen LogP contribution in [-0.2, 0) is 16.0 Å². The lowest BCUT2D eigenvalue weighted by molar-refractivity contribution is -0.134. The van der Waals surface area contributed by atoms with E-state index in [4.69, 9.17) is 4.74 Å². The molecular weight excluding hydrogens is 472 g/mol. The molecule has 0 aliphatic carbocycles. The number of aliphatic carboxylic acids is 1. The van der Waals surface area contributed by atoms with Crippen LogP contribution in [0.3, 0.4) is 0 Å². The summed E-state index contributed by atoms with van der Waals surface area (Å²) in [5, 5.41) is 11.6. The molecule has 0 saturated heterocycles. The lowest BCUT2D eigenvalue weighted by Gasteiger charge is -2.09. The van der Waals surface area contributed by atoms with Gasteiger partial charge in [-0.3, -0.25) is 4.79 Å². The van der Waals surface area contributed by atoms with Crippen LogP contribution in [0.1, 0.15) is 11.1 Å². The van der Waals surface area contributed by atoms with E-state index in [0.717, 1.165) is 10.5 Å². The van der Waals surface area contributed by atoms with Crippen LogP contribution in [-0.4, -0.2) is 17.0 Å². The first kappa shape index (κ1) is 22.2. The van der Waals surface area contributed by atoms with Gasteiger partial charge in [0, 0.05) is 5.56 Å². The van der Waals surface area contributed by atoms with Crippen molar-refractivity contribution >= 4 is 33.9 Å². The van der Waals surface area contributed by atoms with Gasteiger partial charge in [-0.05, 0) is 57.9 Å². The highest BCUT2D eigenvalue weighted by Crippen LogP contribution is 2.29. The molecule has 0 fully saturated rings. The second-order valence-corrected chi connectivity index (χ2v) is 7.26. The molecule has 0 aromatic heterocycles. The van der Waals surface area contributed by atoms with Gasteiger partial charge in [-0.15, -0.1) is 0 Å². The third kappa shape index (κ3) is 5.99. The number of benzene rings is 3. The van der Waals surface area contributed by atoms with Crippen molar-refractivity contribution in [3.63, 3.8) is 0 Å². The van der Waals surface area contributed by atoms with E-state index >= 15 is 0 Å². The van der Waals surface area contributed by atoms with Crippen LogP contribution < -0.4 is 10.1 Å². The minimum atomic E-state index is -1.37. The van der Waals surface area contributed by atoms with Crippen LogP contribution in [0.15, 0.2) is 76.9 Å². The Hall–Kier alpha value is -3.52. The Kier molecular flexibility index (Phi) is 7.15. The molecule has 2 N–H and O–H groups in total. The van der Waals surface area contributed by atoms with Gasteiger partial charge in [0.05, 0.1) is 10.9 Å². The molecule has 3 rings (SSSR count). The number of carboxylic acids is 1. The van der Waals surface area contributed by atoms with Gasteiger partial charge in [0.2, 0.25) is 5.91 Å². The van der Waals surface area contributed by atoms with Crippen LogP contribution in [0.4, 0.5) is 8.78 Å².